The lowest BCUT2D eigenvalue weighted by Gasteiger charge is -2.16. The molecule has 2 atom stereocenters. The monoisotopic (exact) mass is 243 g/mol. The second-order valence-corrected chi connectivity index (χ2v) is 4.29. The fourth-order valence-corrected chi connectivity index (χ4v) is 1.91. The molecule has 0 saturated carbocycles. The molecular formula is C10H13NO4S. The number of aldehydes is 1. The first-order valence-electron chi connectivity index (χ1n) is 4.68. The minimum absolute atomic E-state index is 0.0250. The number of aliphatic hydroxyl groups is 2. The van der Waals surface area contributed by atoms with Crippen LogP contribution >= 0.6 is 11.3 Å². The summed E-state index contributed by atoms with van der Waals surface area (Å²) in [5.74, 6) is -0.273. The van der Waals surface area contributed by atoms with Crippen LogP contribution in [-0.4, -0.2) is 35.1 Å². The van der Waals surface area contributed by atoms with E-state index in [-0.39, 0.29) is 12.5 Å². The normalized spacial score (nSPS) is 14.2. The molecule has 0 aliphatic heterocycles. The van der Waals surface area contributed by atoms with Gasteiger partial charge in [-0.25, -0.2) is 0 Å². The van der Waals surface area contributed by atoms with Gasteiger partial charge in [0.15, 0.2) is 6.29 Å². The lowest BCUT2D eigenvalue weighted by Crippen LogP contribution is -2.34. The maximum atomic E-state index is 10.6. The molecule has 0 radical (unpaired) electrons. The minimum Gasteiger partial charge on any atom is -0.388 e. The molecular weight excluding hydrogens is 230 g/mol. The summed E-state index contributed by atoms with van der Waals surface area (Å²) in [4.78, 5) is 21.5. The molecule has 0 spiro atoms. The lowest BCUT2D eigenvalue weighted by atomic mass is 10.1. The average molecular weight is 243 g/mol. The molecule has 1 rings (SSSR count). The summed E-state index contributed by atoms with van der Waals surface area (Å²) in [6, 6.07) is 1.51. The van der Waals surface area contributed by atoms with Crippen molar-refractivity contribution < 1.29 is 19.8 Å². The minimum atomic E-state index is -1.10. The van der Waals surface area contributed by atoms with Gasteiger partial charge in [-0.1, -0.05) is 0 Å². The second kappa shape index (κ2) is 5.74. The largest absolute Gasteiger partial charge is 0.388 e. The Morgan fingerprint density at radius 3 is 2.81 bits per heavy atom. The van der Waals surface area contributed by atoms with Crippen LogP contribution in [0.2, 0.25) is 0 Å². The van der Waals surface area contributed by atoms with E-state index in [2.05, 4.69) is 5.32 Å². The van der Waals surface area contributed by atoms with Crippen LogP contribution in [0, 0.1) is 0 Å². The predicted octanol–water partition coefficient (Wildman–Crippen LogP) is 0.0910. The highest BCUT2D eigenvalue weighted by atomic mass is 32.1. The van der Waals surface area contributed by atoms with Crippen molar-refractivity contribution in [2.45, 2.75) is 19.1 Å². The predicted molar refractivity (Wildman–Crippen MR) is 59.4 cm³/mol. The summed E-state index contributed by atoms with van der Waals surface area (Å²) < 4.78 is 0. The van der Waals surface area contributed by atoms with Gasteiger partial charge in [0.2, 0.25) is 5.91 Å². The Hall–Kier alpha value is -1.24. The third kappa shape index (κ3) is 3.41. The second-order valence-electron chi connectivity index (χ2n) is 3.35. The summed E-state index contributed by atoms with van der Waals surface area (Å²) in [7, 11) is 0. The third-order valence-corrected chi connectivity index (χ3v) is 2.90. The van der Waals surface area contributed by atoms with Gasteiger partial charge in [-0.05, 0) is 17.0 Å². The molecule has 5 nitrogen and oxygen atoms in total. The summed E-state index contributed by atoms with van der Waals surface area (Å²) in [5.41, 5.74) is 0.477. The van der Waals surface area contributed by atoms with Gasteiger partial charge in [-0.2, -0.15) is 0 Å². The summed E-state index contributed by atoms with van der Waals surface area (Å²) >= 11 is 1.19. The van der Waals surface area contributed by atoms with Crippen LogP contribution in [0.25, 0.3) is 0 Å². The number of thiophene rings is 1. The highest BCUT2D eigenvalue weighted by molar-refractivity contribution is 7.11. The van der Waals surface area contributed by atoms with E-state index in [1.165, 1.54) is 24.3 Å². The summed E-state index contributed by atoms with van der Waals surface area (Å²) in [5, 5.41) is 23.3. The van der Waals surface area contributed by atoms with Crippen molar-refractivity contribution in [2.75, 3.05) is 6.54 Å². The van der Waals surface area contributed by atoms with Gasteiger partial charge in [-0.15, -0.1) is 11.3 Å². The zero-order valence-corrected chi connectivity index (χ0v) is 9.53. The van der Waals surface area contributed by atoms with E-state index in [1.807, 2.05) is 0 Å². The topological polar surface area (TPSA) is 86.6 Å². The fourth-order valence-electron chi connectivity index (χ4n) is 1.17. The first kappa shape index (κ1) is 12.8. The number of rotatable bonds is 5. The number of amides is 1. The van der Waals surface area contributed by atoms with E-state index in [4.69, 9.17) is 0 Å². The standard InChI is InChI=1S/C10H13NO4S/c1-6(13)11-3-9(14)10(15)7-2-8(4-12)16-5-7/h2,4-5,9-10,14-15H,3H2,1H3,(H,11,13). The van der Waals surface area contributed by atoms with Crippen LogP contribution in [0.1, 0.15) is 28.3 Å². The molecule has 0 aliphatic rings. The maximum absolute atomic E-state index is 10.6. The number of carbonyl (C=O) groups is 2. The SMILES string of the molecule is CC(=O)NCC(O)C(O)c1csc(C=O)c1. The summed E-state index contributed by atoms with van der Waals surface area (Å²) in [6.07, 6.45) is -1.50. The van der Waals surface area contributed by atoms with Crippen LogP contribution in [-0.2, 0) is 4.79 Å². The maximum Gasteiger partial charge on any atom is 0.216 e. The molecule has 1 heterocycles. The van der Waals surface area contributed by atoms with Crippen LogP contribution in [0.5, 0.6) is 0 Å². The molecule has 0 saturated heterocycles. The molecule has 1 amide bonds. The Bertz CT molecular complexity index is 377. The molecule has 1 aromatic heterocycles. The highest BCUT2D eigenvalue weighted by Gasteiger charge is 2.19. The molecule has 0 aromatic carbocycles. The quantitative estimate of drug-likeness (QED) is 0.640. The Morgan fingerprint density at radius 2 is 2.31 bits per heavy atom. The van der Waals surface area contributed by atoms with E-state index >= 15 is 0 Å². The Morgan fingerprint density at radius 1 is 1.62 bits per heavy atom. The number of hydrogen-bond acceptors (Lipinski definition) is 5. The molecule has 6 heteroatoms. The van der Waals surface area contributed by atoms with Crippen LogP contribution in [0.3, 0.4) is 0 Å². The number of aliphatic hydroxyl groups excluding tert-OH is 2. The van der Waals surface area contributed by atoms with E-state index in [1.54, 1.807) is 5.38 Å². The summed E-state index contributed by atoms with van der Waals surface area (Å²) in [6.45, 7) is 1.30. The van der Waals surface area contributed by atoms with Gasteiger partial charge < -0.3 is 15.5 Å². The zero-order valence-electron chi connectivity index (χ0n) is 8.71. The van der Waals surface area contributed by atoms with Crippen LogP contribution < -0.4 is 5.32 Å². The molecule has 3 N–H and O–H groups in total. The Kier molecular flexibility index (Phi) is 4.60. The number of hydrogen-bond donors (Lipinski definition) is 3. The molecule has 0 fully saturated rings. The van der Waals surface area contributed by atoms with Crippen molar-refractivity contribution in [2.24, 2.45) is 0 Å². The van der Waals surface area contributed by atoms with Gasteiger partial charge in [0, 0.05) is 13.5 Å². The lowest BCUT2D eigenvalue weighted by molar-refractivity contribution is -0.119. The average Bonchev–Trinajstić information content (AvgIpc) is 2.73. The van der Waals surface area contributed by atoms with Crippen molar-refractivity contribution in [1.29, 1.82) is 0 Å². The Labute approximate surface area is 96.7 Å². The third-order valence-electron chi connectivity index (χ3n) is 2.02. The van der Waals surface area contributed by atoms with Crippen molar-refractivity contribution in [3.63, 3.8) is 0 Å². The van der Waals surface area contributed by atoms with Gasteiger partial charge in [0.1, 0.15) is 12.2 Å². The van der Waals surface area contributed by atoms with Crippen molar-refractivity contribution in [3.05, 3.63) is 21.9 Å². The van der Waals surface area contributed by atoms with Gasteiger partial charge in [-0.3, -0.25) is 9.59 Å². The van der Waals surface area contributed by atoms with Crippen molar-refractivity contribution in [1.82, 2.24) is 5.32 Å². The molecule has 2 unspecified atom stereocenters. The molecule has 1 aromatic rings. The van der Waals surface area contributed by atoms with Gasteiger partial charge in [0.05, 0.1) is 4.88 Å². The molecule has 0 bridgehead atoms. The molecule has 0 aliphatic carbocycles. The van der Waals surface area contributed by atoms with Crippen molar-refractivity contribution >= 4 is 23.5 Å². The Balaban J connectivity index is 2.58. The molecule has 88 valence electrons. The van der Waals surface area contributed by atoms with Gasteiger partial charge >= 0.3 is 0 Å². The van der Waals surface area contributed by atoms with E-state index in [0.29, 0.717) is 16.7 Å². The van der Waals surface area contributed by atoms with E-state index in [0.717, 1.165) is 0 Å². The smallest absolute Gasteiger partial charge is 0.216 e. The van der Waals surface area contributed by atoms with Gasteiger partial charge in [0.25, 0.3) is 0 Å². The number of nitrogens with one attached hydrogen (secondary N) is 1. The van der Waals surface area contributed by atoms with Crippen LogP contribution in [0.4, 0.5) is 0 Å². The zero-order chi connectivity index (χ0) is 12.1. The first-order chi connectivity index (χ1) is 7.54. The first-order valence-corrected chi connectivity index (χ1v) is 5.56. The van der Waals surface area contributed by atoms with Crippen molar-refractivity contribution in [3.8, 4) is 0 Å². The van der Waals surface area contributed by atoms with E-state index in [9.17, 15) is 19.8 Å². The van der Waals surface area contributed by atoms with Crippen LogP contribution in [0.15, 0.2) is 11.4 Å². The van der Waals surface area contributed by atoms with E-state index < -0.39 is 12.2 Å². The fraction of sp³-hybridized carbons (Fsp3) is 0.400. The number of carbonyl (C=O) groups excluding carboxylic acids is 2. The highest BCUT2D eigenvalue weighted by Crippen LogP contribution is 2.22. The molecule has 16 heavy (non-hydrogen) atoms.